The summed E-state index contributed by atoms with van der Waals surface area (Å²) < 4.78 is 48.4. The highest BCUT2D eigenvalue weighted by atomic mass is 32.2. The number of carbonyl (C=O) groups excluding carboxylic acids is 1. The van der Waals surface area contributed by atoms with E-state index in [9.17, 15) is 17.6 Å². The van der Waals surface area contributed by atoms with Crippen LogP contribution in [0, 0.1) is 5.82 Å². The number of anilines is 1. The van der Waals surface area contributed by atoms with Gasteiger partial charge in [0.1, 0.15) is 11.6 Å². The molecule has 1 atom stereocenters. The molecule has 11 heteroatoms. The molecule has 0 aliphatic heterocycles. The fraction of sp³-hybridized carbons (Fsp3) is 0.250. The Bertz CT molecular complexity index is 1160. The topological polar surface area (TPSA) is 115 Å². The largest absolute Gasteiger partial charge is 0.424 e. The number of carbonyl (C=O) groups is 1. The molecule has 0 saturated carbocycles. The van der Waals surface area contributed by atoms with Crippen LogP contribution in [0.4, 0.5) is 10.1 Å². The summed E-state index contributed by atoms with van der Waals surface area (Å²) in [6.07, 6.45) is 0. The van der Waals surface area contributed by atoms with E-state index >= 15 is 0 Å². The molecule has 2 N–H and O–H groups in total. The third-order valence-corrected chi connectivity index (χ3v) is 5.85. The first-order valence-corrected chi connectivity index (χ1v) is 10.9. The molecule has 0 saturated heterocycles. The van der Waals surface area contributed by atoms with Crippen LogP contribution >= 0.6 is 0 Å². The van der Waals surface area contributed by atoms with E-state index in [0.29, 0.717) is 23.8 Å². The van der Waals surface area contributed by atoms with Gasteiger partial charge in [0.2, 0.25) is 15.9 Å². The van der Waals surface area contributed by atoms with E-state index in [0.717, 1.165) is 0 Å². The van der Waals surface area contributed by atoms with E-state index in [-0.39, 0.29) is 16.8 Å². The minimum absolute atomic E-state index is 0.0406. The summed E-state index contributed by atoms with van der Waals surface area (Å²) in [4.78, 5) is 11.1. The van der Waals surface area contributed by atoms with Crippen LogP contribution in [0.1, 0.15) is 32.6 Å². The van der Waals surface area contributed by atoms with Crippen LogP contribution < -0.4 is 14.8 Å². The number of amides is 1. The van der Waals surface area contributed by atoms with Gasteiger partial charge in [-0.25, -0.2) is 17.5 Å². The number of sulfonamides is 1. The molecule has 3 aromatic rings. The molecule has 3 rings (SSSR count). The van der Waals surface area contributed by atoms with Gasteiger partial charge in [-0.1, -0.05) is 5.10 Å². The summed E-state index contributed by atoms with van der Waals surface area (Å²) in [5.41, 5.74) is 0.493. The van der Waals surface area contributed by atoms with E-state index in [1.807, 2.05) is 6.92 Å². The van der Waals surface area contributed by atoms with E-state index < -0.39 is 21.9 Å². The quantitative estimate of drug-likeness (QED) is 0.548. The number of nitrogens with zero attached hydrogens (tertiary/aromatic N) is 3. The average Bonchev–Trinajstić information content (AvgIpc) is 3.12. The second-order valence-electron chi connectivity index (χ2n) is 6.69. The zero-order valence-corrected chi connectivity index (χ0v) is 18.0. The van der Waals surface area contributed by atoms with E-state index in [1.165, 1.54) is 55.5 Å². The lowest BCUT2D eigenvalue weighted by atomic mass is 10.3. The van der Waals surface area contributed by atoms with Crippen molar-refractivity contribution in [2.24, 2.45) is 0 Å². The third-order valence-electron chi connectivity index (χ3n) is 4.29. The number of rotatable bonds is 8. The van der Waals surface area contributed by atoms with Crippen LogP contribution in [0.3, 0.4) is 0 Å². The summed E-state index contributed by atoms with van der Waals surface area (Å²) >= 11 is 0. The van der Waals surface area contributed by atoms with Gasteiger partial charge < -0.3 is 10.1 Å². The summed E-state index contributed by atoms with van der Waals surface area (Å²) in [7, 11) is -3.86. The maximum atomic E-state index is 13.1. The number of hydrogen-bond donors (Lipinski definition) is 2. The van der Waals surface area contributed by atoms with Gasteiger partial charge in [-0.2, -0.15) is 0 Å². The highest BCUT2D eigenvalue weighted by Crippen LogP contribution is 2.24. The van der Waals surface area contributed by atoms with Crippen LogP contribution in [-0.4, -0.2) is 29.1 Å². The first-order valence-electron chi connectivity index (χ1n) is 9.46. The van der Waals surface area contributed by atoms with E-state index in [2.05, 4.69) is 20.2 Å². The predicted molar refractivity (Wildman–Crippen MR) is 112 cm³/mol. The fourth-order valence-corrected chi connectivity index (χ4v) is 4.08. The second kappa shape index (κ2) is 9.23. The van der Waals surface area contributed by atoms with Gasteiger partial charge in [-0.05, 0) is 62.4 Å². The Labute approximate surface area is 179 Å². The Morgan fingerprint density at radius 2 is 1.77 bits per heavy atom. The van der Waals surface area contributed by atoms with Gasteiger partial charge in [-0.15, -0.1) is 5.10 Å². The van der Waals surface area contributed by atoms with Crippen molar-refractivity contribution in [3.05, 3.63) is 60.2 Å². The van der Waals surface area contributed by atoms with Crippen LogP contribution in [0.5, 0.6) is 11.8 Å². The van der Waals surface area contributed by atoms with Crippen molar-refractivity contribution in [2.45, 2.75) is 38.3 Å². The number of nitrogens with one attached hydrogen (secondary N) is 2. The lowest BCUT2D eigenvalue weighted by molar-refractivity contribution is -0.114. The third kappa shape index (κ3) is 5.44. The standard InChI is InChI=1S/C20H22FN5O4S/c1-4-26-19(23-24-20(26)30-17-9-5-15(21)6-10-17)13(2)25-31(28,29)18-11-7-16(8-12-18)22-14(3)27/h5-13,25H,4H2,1-3H3,(H,22,27)/t13-/m1/s1. The molecule has 0 aliphatic carbocycles. The molecule has 0 bridgehead atoms. The Kier molecular flexibility index (Phi) is 6.66. The number of halogens is 1. The van der Waals surface area contributed by atoms with Crippen molar-refractivity contribution in [1.82, 2.24) is 19.5 Å². The molecule has 1 heterocycles. The minimum Gasteiger partial charge on any atom is -0.424 e. The molecule has 0 fully saturated rings. The van der Waals surface area contributed by atoms with Gasteiger partial charge in [-0.3, -0.25) is 9.36 Å². The predicted octanol–water partition coefficient (Wildman–Crippen LogP) is 3.23. The summed E-state index contributed by atoms with van der Waals surface area (Å²) in [6, 6.07) is 10.7. The minimum atomic E-state index is -3.86. The zero-order valence-electron chi connectivity index (χ0n) is 17.2. The number of hydrogen-bond acceptors (Lipinski definition) is 6. The normalized spacial score (nSPS) is 12.4. The van der Waals surface area contributed by atoms with Crippen molar-refractivity contribution >= 4 is 21.6 Å². The maximum Gasteiger partial charge on any atom is 0.322 e. The molecular weight excluding hydrogens is 425 g/mol. The van der Waals surface area contributed by atoms with Crippen molar-refractivity contribution in [2.75, 3.05) is 5.32 Å². The van der Waals surface area contributed by atoms with E-state index in [1.54, 1.807) is 11.5 Å². The van der Waals surface area contributed by atoms with Gasteiger partial charge in [0.15, 0.2) is 5.82 Å². The second-order valence-corrected chi connectivity index (χ2v) is 8.40. The molecule has 0 aliphatic rings. The van der Waals surface area contributed by atoms with Crippen LogP contribution in [0.15, 0.2) is 53.4 Å². The molecule has 1 aromatic heterocycles. The fourth-order valence-electron chi connectivity index (χ4n) is 2.88. The molecule has 164 valence electrons. The van der Waals surface area contributed by atoms with Gasteiger partial charge in [0, 0.05) is 19.2 Å². The van der Waals surface area contributed by atoms with Crippen LogP contribution in [0.25, 0.3) is 0 Å². The molecule has 1 amide bonds. The Hall–Kier alpha value is -3.31. The van der Waals surface area contributed by atoms with Crippen molar-refractivity contribution in [3.8, 4) is 11.8 Å². The van der Waals surface area contributed by atoms with Crippen molar-refractivity contribution in [3.63, 3.8) is 0 Å². The molecule has 31 heavy (non-hydrogen) atoms. The Morgan fingerprint density at radius 3 is 2.35 bits per heavy atom. The molecule has 0 spiro atoms. The van der Waals surface area contributed by atoms with Crippen molar-refractivity contribution < 1.29 is 22.3 Å². The Morgan fingerprint density at radius 1 is 1.13 bits per heavy atom. The lowest BCUT2D eigenvalue weighted by Gasteiger charge is -2.15. The molecule has 0 unspecified atom stereocenters. The number of aromatic nitrogens is 3. The molecule has 2 aromatic carbocycles. The SMILES string of the molecule is CCn1c(Oc2ccc(F)cc2)nnc1[C@@H](C)NS(=O)(=O)c1ccc(NC(C)=O)cc1. The highest BCUT2D eigenvalue weighted by molar-refractivity contribution is 7.89. The van der Waals surface area contributed by atoms with Crippen LogP contribution in [0.2, 0.25) is 0 Å². The van der Waals surface area contributed by atoms with Gasteiger partial charge in [0.05, 0.1) is 10.9 Å². The zero-order chi connectivity index (χ0) is 22.6. The van der Waals surface area contributed by atoms with E-state index in [4.69, 9.17) is 4.74 Å². The first-order chi connectivity index (χ1) is 14.7. The monoisotopic (exact) mass is 447 g/mol. The number of benzene rings is 2. The highest BCUT2D eigenvalue weighted by Gasteiger charge is 2.24. The first kappa shape index (κ1) is 22.4. The summed E-state index contributed by atoms with van der Waals surface area (Å²) in [5.74, 6) is 0.0960. The number of ether oxygens (including phenoxy) is 1. The average molecular weight is 447 g/mol. The van der Waals surface area contributed by atoms with Gasteiger partial charge >= 0.3 is 6.01 Å². The maximum absolute atomic E-state index is 13.1. The smallest absolute Gasteiger partial charge is 0.322 e. The summed E-state index contributed by atoms with van der Waals surface area (Å²) in [6.45, 7) is 5.27. The van der Waals surface area contributed by atoms with Gasteiger partial charge in [0.25, 0.3) is 0 Å². The Balaban J connectivity index is 1.77. The summed E-state index contributed by atoms with van der Waals surface area (Å²) in [5, 5.41) is 10.6. The van der Waals surface area contributed by atoms with Crippen LogP contribution in [-0.2, 0) is 21.4 Å². The molecule has 0 radical (unpaired) electrons. The van der Waals surface area contributed by atoms with Crippen molar-refractivity contribution in [1.29, 1.82) is 0 Å². The molecular formula is C20H22FN5O4S. The lowest BCUT2D eigenvalue weighted by Crippen LogP contribution is -2.29. The molecule has 9 nitrogen and oxygen atoms in total.